The molecule has 7 rings (SSSR count). The number of aliphatic carboxylic acids is 1. The number of carboxylic acid groups (broad SMARTS) is 1. The van der Waals surface area contributed by atoms with Crippen molar-refractivity contribution in [2.75, 3.05) is 25.0 Å². The van der Waals surface area contributed by atoms with Crippen molar-refractivity contribution in [1.82, 2.24) is 25.2 Å². The van der Waals surface area contributed by atoms with Crippen LogP contribution in [0.3, 0.4) is 0 Å². The van der Waals surface area contributed by atoms with E-state index in [1.165, 1.54) is 0 Å². The molecule has 1 fully saturated rings. The predicted molar refractivity (Wildman–Crippen MR) is 200 cm³/mol. The van der Waals surface area contributed by atoms with Crippen LogP contribution >= 0.6 is 0 Å². The largest absolute Gasteiger partial charge is 0.481 e. The van der Waals surface area contributed by atoms with E-state index in [2.05, 4.69) is 59.7 Å². The first-order valence-corrected chi connectivity index (χ1v) is 17.6. The number of nitrogens with zero attached hydrogens (tertiary/aromatic N) is 5. The summed E-state index contributed by atoms with van der Waals surface area (Å²) in [7, 11) is 0. The summed E-state index contributed by atoms with van der Waals surface area (Å²) >= 11 is 0. The number of oxazole rings is 1. The van der Waals surface area contributed by atoms with Crippen LogP contribution in [0, 0.1) is 29.6 Å². The van der Waals surface area contributed by atoms with E-state index < -0.39 is 16.9 Å². The summed E-state index contributed by atoms with van der Waals surface area (Å²) in [4.78, 5) is 28.7. The van der Waals surface area contributed by atoms with Crippen molar-refractivity contribution in [3.8, 4) is 6.07 Å². The first kappa shape index (κ1) is 35.0. The molecule has 0 bridgehead atoms. The standard InChI is InChI=1S/C41H43N7O4/c1-25-8-5-6-9-32(25)33-10-7-12-41(27(33)3,38-46-34-18-28(20-44-26(2)23-49)16-31(19-42)36(34)52-38)47-37-35-30(11-14-43-37)17-29(21-45-35)22-48-15-13-40(4,24-48)39(50)51/h5-12,14,16-18,21,26-27,44,49H,13,15,20,22-24H2,1-4H3,(H,43,47)(H,50,51)/t26?,27?,40-,41?/m1/s1. The summed E-state index contributed by atoms with van der Waals surface area (Å²) < 4.78 is 6.60. The Morgan fingerprint density at radius 3 is 2.77 bits per heavy atom. The van der Waals surface area contributed by atoms with E-state index in [9.17, 15) is 20.3 Å². The SMILES string of the molecule is Cc1ccccc1C1=CC=CC(Nc2nccc3cc(CN4CC[C@@](C)(C(=O)O)C4)cnc23)(c2nc3cc(CNC(C)CO)cc(C#N)c3o2)C1C. The number of hydrogen-bond donors (Lipinski definition) is 4. The fourth-order valence-electron chi connectivity index (χ4n) is 7.43. The molecule has 52 heavy (non-hydrogen) atoms. The van der Waals surface area contributed by atoms with Crippen LogP contribution in [0.1, 0.15) is 60.9 Å². The molecular formula is C41H43N7O4. The van der Waals surface area contributed by atoms with Crippen LogP contribution in [0.5, 0.6) is 0 Å². The Balaban J connectivity index is 1.29. The van der Waals surface area contributed by atoms with Gasteiger partial charge < -0.3 is 25.3 Å². The van der Waals surface area contributed by atoms with Gasteiger partial charge in [0.1, 0.15) is 22.6 Å². The second-order valence-electron chi connectivity index (χ2n) is 14.5. The van der Waals surface area contributed by atoms with E-state index in [1.54, 1.807) is 12.3 Å². The molecule has 11 heteroatoms. The molecule has 1 saturated heterocycles. The zero-order valence-corrected chi connectivity index (χ0v) is 29.8. The van der Waals surface area contributed by atoms with Gasteiger partial charge in [-0.3, -0.25) is 14.7 Å². The molecule has 3 aromatic heterocycles. The number of pyridine rings is 2. The topological polar surface area (TPSA) is 160 Å². The predicted octanol–water partition coefficient (Wildman–Crippen LogP) is 6.32. The number of benzene rings is 2. The summed E-state index contributed by atoms with van der Waals surface area (Å²) in [5, 5.41) is 37.3. The Labute approximate surface area is 302 Å². The number of carboxylic acids is 1. The van der Waals surface area contributed by atoms with Crippen LogP contribution in [0.15, 0.2) is 83.6 Å². The van der Waals surface area contributed by atoms with Crippen molar-refractivity contribution in [3.05, 3.63) is 113 Å². The van der Waals surface area contributed by atoms with E-state index >= 15 is 0 Å². The monoisotopic (exact) mass is 697 g/mol. The van der Waals surface area contributed by atoms with Gasteiger partial charge in [0.15, 0.2) is 11.4 Å². The second kappa shape index (κ2) is 14.0. The summed E-state index contributed by atoms with van der Waals surface area (Å²) in [6.07, 6.45) is 10.4. The number of aromatic nitrogens is 3. The lowest BCUT2D eigenvalue weighted by molar-refractivity contribution is -0.147. The van der Waals surface area contributed by atoms with Gasteiger partial charge >= 0.3 is 5.97 Å². The van der Waals surface area contributed by atoms with E-state index in [-0.39, 0.29) is 18.6 Å². The minimum atomic E-state index is -1.03. The van der Waals surface area contributed by atoms with Gasteiger partial charge in [0.2, 0.25) is 5.89 Å². The Hall–Kier alpha value is -5.41. The number of carbonyl (C=O) groups is 1. The van der Waals surface area contributed by atoms with Gasteiger partial charge in [0.25, 0.3) is 0 Å². The third-order valence-electron chi connectivity index (χ3n) is 10.6. The quantitative estimate of drug-likeness (QED) is 0.122. The highest BCUT2D eigenvalue weighted by Crippen LogP contribution is 2.46. The molecule has 1 aliphatic carbocycles. The molecule has 3 unspecified atom stereocenters. The fourth-order valence-corrected chi connectivity index (χ4v) is 7.43. The Morgan fingerprint density at radius 1 is 1.19 bits per heavy atom. The van der Waals surface area contributed by atoms with Crippen molar-refractivity contribution >= 4 is 39.4 Å². The van der Waals surface area contributed by atoms with Crippen molar-refractivity contribution < 1.29 is 19.4 Å². The van der Waals surface area contributed by atoms with Gasteiger partial charge in [-0.05, 0) is 91.9 Å². The Morgan fingerprint density at radius 2 is 2.02 bits per heavy atom. The molecule has 0 amide bonds. The molecule has 0 spiro atoms. The summed E-state index contributed by atoms with van der Waals surface area (Å²) in [6.45, 7) is 10.2. The van der Waals surface area contributed by atoms with Crippen LogP contribution in [0.2, 0.25) is 0 Å². The normalized spacial score (nSPS) is 22.4. The fraction of sp³-hybridized carbons (Fsp3) is 0.341. The van der Waals surface area contributed by atoms with E-state index in [0.29, 0.717) is 66.5 Å². The summed E-state index contributed by atoms with van der Waals surface area (Å²) in [5.74, 6) is -0.0287. The second-order valence-corrected chi connectivity index (χ2v) is 14.5. The average molecular weight is 698 g/mol. The molecular weight excluding hydrogens is 654 g/mol. The lowest BCUT2D eigenvalue weighted by Gasteiger charge is -2.39. The molecule has 5 aromatic rings. The van der Waals surface area contributed by atoms with Crippen LogP contribution in [0.4, 0.5) is 5.82 Å². The molecule has 266 valence electrons. The number of allylic oxidation sites excluding steroid dienone is 2. The number of aliphatic hydroxyl groups is 1. The van der Waals surface area contributed by atoms with Gasteiger partial charge in [-0.25, -0.2) is 9.97 Å². The number of rotatable bonds is 11. The van der Waals surface area contributed by atoms with Gasteiger partial charge in [0.05, 0.1) is 17.6 Å². The molecule has 4 heterocycles. The van der Waals surface area contributed by atoms with Crippen molar-refractivity contribution in [1.29, 1.82) is 5.26 Å². The lowest BCUT2D eigenvalue weighted by Crippen LogP contribution is -2.42. The smallest absolute Gasteiger partial charge is 0.310 e. The number of nitriles is 1. The molecule has 11 nitrogen and oxygen atoms in total. The Bertz CT molecular complexity index is 2270. The number of hydrogen-bond acceptors (Lipinski definition) is 10. The van der Waals surface area contributed by atoms with Gasteiger partial charge in [-0.15, -0.1) is 0 Å². The van der Waals surface area contributed by atoms with Gasteiger partial charge in [-0.2, -0.15) is 5.26 Å². The molecule has 0 saturated carbocycles. The number of aryl methyl sites for hydroxylation is 1. The maximum Gasteiger partial charge on any atom is 0.310 e. The third kappa shape index (κ3) is 6.45. The maximum atomic E-state index is 11.8. The van der Waals surface area contributed by atoms with Crippen LogP contribution in [-0.4, -0.2) is 61.8 Å². The molecule has 2 aromatic carbocycles. The van der Waals surface area contributed by atoms with Crippen molar-refractivity contribution in [2.24, 2.45) is 11.3 Å². The first-order valence-electron chi connectivity index (χ1n) is 17.6. The number of nitrogens with one attached hydrogen (secondary N) is 2. The molecule has 4 N–H and O–H groups in total. The maximum absolute atomic E-state index is 11.8. The molecule has 0 radical (unpaired) electrons. The zero-order valence-electron chi connectivity index (χ0n) is 29.8. The van der Waals surface area contributed by atoms with Crippen LogP contribution < -0.4 is 10.6 Å². The molecule has 1 aliphatic heterocycles. The lowest BCUT2D eigenvalue weighted by atomic mass is 9.73. The van der Waals surface area contributed by atoms with E-state index in [4.69, 9.17) is 19.4 Å². The van der Waals surface area contributed by atoms with Gasteiger partial charge in [0, 0.05) is 49.4 Å². The molecule has 4 atom stereocenters. The number of likely N-dealkylation sites (tertiary alicyclic amines) is 1. The van der Waals surface area contributed by atoms with E-state index in [1.807, 2.05) is 56.5 Å². The van der Waals surface area contributed by atoms with Crippen LogP contribution in [-0.2, 0) is 23.4 Å². The van der Waals surface area contributed by atoms with Gasteiger partial charge in [-0.1, -0.05) is 43.3 Å². The van der Waals surface area contributed by atoms with Crippen LogP contribution in [0.25, 0.3) is 27.6 Å². The Kier molecular flexibility index (Phi) is 9.40. The summed E-state index contributed by atoms with van der Waals surface area (Å²) in [5.41, 5.74) is 5.44. The first-order chi connectivity index (χ1) is 25.0. The summed E-state index contributed by atoms with van der Waals surface area (Å²) in [6, 6.07) is 18.2. The number of fused-ring (bicyclic) bond motifs is 2. The third-order valence-corrected chi connectivity index (χ3v) is 10.6. The molecule has 2 aliphatic rings. The van der Waals surface area contributed by atoms with Crippen molar-refractivity contribution in [2.45, 2.75) is 58.8 Å². The zero-order chi connectivity index (χ0) is 36.6. The highest BCUT2D eigenvalue weighted by atomic mass is 16.4. The number of aliphatic hydroxyl groups excluding tert-OH is 1. The number of anilines is 1. The minimum absolute atomic E-state index is 0.000288. The van der Waals surface area contributed by atoms with E-state index in [0.717, 1.165) is 33.2 Å². The highest BCUT2D eigenvalue weighted by molar-refractivity contribution is 5.89. The van der Waals surface area contributed by atoms with Crippen molar-refractivity contribution in [3.63, 3.8) is 0 Å². The minimum Gasteiger partial charge on any atom is -0.481 e. The average Bonchev–Trinajstić information content (AvgIpc) is 3.76. The highest BCUT2D eigenvalue weighted by Gasteiger charge is 2.45.